The Labute approximate surface area is 132 Å². The summed E-state index contributed by atoms with van der Waals surface area (Å²) in [7, 11) is 0. The second kappa shape index (κ2) is 7.71. The van der Waals surface area contributed by atoms with Crippen molar-refractivity contribution in [1.29, 1.82) is 0 Å². The Balaban J connectivity index is 2.36. The largest absolute Gasteiger partial charge is 0.313 e. The summed E-state index contributed by atoms with van der Waals surface area (Å²) in [6.07, 6.45) is 5.35. The van der Waals surface area contributed by atoms with Crippen molar-refractivity contribution in [3.05, 3.63) is 52.5 Å². The molecule has 0 fully saturated rings. The third kappa shape index (κ3) is 3.53. The Bertz CT molecular complexity index is 503. The molecule has 1 aromatic carbocycles. The van der Waals surface area contributed by atoms with Crippen molar-refractivity contribution in [2.45, 2.75) is 51.5 Å². The Morgan fingerprint density at radius 2 is 1.86 bits per heavy atom. The molecule has 2 rings (SSSR count). The van der Waals surface area contributed by atoms with Gasteiger partial charge >= 0.3 is 0 Å². The zero-order valence-electron chi connectivity index (χ0n) is 13.3. The van der Waals surface area contributed by atoms with Crippen molar-refractivity contribution >= 4 is 11.3 Å². The van der Waals surface area contributed by atoms with Crippen molar-refractivity contribution in [1.82, 2.24) is 10.3 Å². The van der Waals surface area contributed by atoms with E-state index in [0.29, 0.717) is 6.04 Å². The van der Waals surface area contributed by atoms with Crippen LogP contribution in [0.2, 0.25) is 0 Å². The zero-order valence-corrected chi connectivity index (χ0v) is 14.1. The number of thiazole rings is 1. The molecule has 114 valence electrons. The van der Waals surface area contributed by atoms with Crippen LogP contribution in [0.25, 0.3) is 0 Å². The van der Waals surface area contributed by atoms with Crippen molar-refractivity contribution in [2.75, 3.05) is 6.54 Å². The van der Waals surface area contributed by atoms with Gasteiger partial charge in [-0.2, -0.15) is 0 Å². The van der Waals surface area contributed by atoms with E-state index in [9.17, 15) is 0 Å². The van der Waals surface area contributed by atoms with Gasteiger partial charge in [0.25, 0.3) is 0 Å². The summed E-state index contributed by atoms with van der Waals surface area (Å²) in [6, 6.07) is 11.4. The van der Waals surface area contributed by atoms with Crippen LogP contribution >= 0.6 is 11.3 Å². The quantitative estimate of drug-likeness (QED) is 0.780. The summed E-state index contributed by atoms with van der Waals surface area (Å²) >= 11 is 1.76. The molecule has 3 heteroatoms. The zero-order chi connectivity index (χ0) is 15.1. The SMILES string of the molecule is CCNC(Cc1cncs1)C(CC)(CC)c1ccccc1. The lowest BCUT2D eigenvalue weighted by Gasteiger charge is -2.41. The Kier molecular flexibility index (Phi) is 5.95. The molecule has 0 saturated heterocycles. The second-order valence-corrected chi connectivity index (χ2v) is 6.48. The lowest BCUT2D eigenvalue weighted by atomic mass is 9.69. The number of rotatable bonds is 8. The minimum absolute atomic E-state index is 0.182. The van der Waals surface area contributed by atoms with Crippen molar-refractivity contribution < 1.29 is 0 Å². The van der Waals surface area contributed by atoms with Crippen LogP contribution in [0, 0.1) is 0 Å². The molecule has 0 spiro atoms. The Hall–Kier alpha value is -1.19. The topological polar surface area (TPSA) is 24.9 Å². The first-order valence-electron chi connectivity index (χ1n) is 7.93. The van der Waals surface area contributed by atoms with E-state index in [1.807, 2.05) is 11.7 Å². The van der Waals surface area contributed by atoms with Gasteiger partial charge < -0.3 is 5.32 Å². The van der Waals surface area contributed by atoms with Crippen molar-refractivity contribution in [3.63, 3.8) is 0 Å². The predicted octanol–water partition coefficient (Wildman–Crippen LogP) is 4.42. The molecule has 1 aromatic heterocycles. The molecule has 0 bridgehead atoms. The number of benzene rings is 1. The molecule has 0 radical (unpaired) electrons. The van der Waals surface area contributed by atoms with Crippen LogP contribution in [-0.2, 0) is 11.8 Å². The fraction of sp³-hybridized carbons (Fsp3) is 0.500. The smallest absolute Gasteiger partial charge is 0.0794 e. The summed E-state index contributed by atoms with van der Waals surface area (Å²) < 4.78 is 0. The van der Waals surface area contributed by atoms with Gasteiger partial charge in [-0.25, -0.2) is 0 Å². The average Bonchev–Trinajstić information content (AvgIpc) is 3.03. The molecule has 0 saturated carbocycles. The number of hydrogen-bond acceptors (Lipinski definition) is 3. The monoisotopic (exact) mass is 302 g/mol. The van der Waals surface area contributed by atoms with E-state index in [-0.39, 0.29) is 5.41 Å². The summed E-state index contributed by atoms with van der Waals surface area (Å²) in [5.74, 6) is 0. The molecule has 2 nitrogen and oxygen atoms in total. The van der Waals surface area contributed by atoms with Gasteiger partial charge in [0.05, 0.1) is 5.51 Å². The highest BCUT2D eigenvalue weighted by atomic mass is 32.1. The predicted molar refractivity (Wildman–Crippen MR) is 92.0 cm³/mol. The average molecular weight is 302 g/mol. The summed E-state index contributed by atoms with van der Waals surface area (Å²) in [4.78, 5) is 5.60. The van der Waals surface area contributed by atoms with E-state index in [4.69, 9.17) is 0 Å². The molecule has 21 heavy (non-hydrogen) atoms. The van der Waals surface area contributed by atoms with Gasteiger partial charge in [-0.1, -0.05) is 51.1 Å². The van der Waals surface area contributed by atoms with E-state index in [1.54, 1.807) is 11.3 Å². The van der Waals surface area contributed by atoms with Crippen molar-refractivity contribution in [3.8, 4) is 0 Å². The first-order chi connectivity index (χ1) is 10.3. The van der Waals surface area contributed by atoms with Gasteiger partial charge in [0.2, 0.25) is 0 Å². The maximum Gasteiger partial charge on any atom is 0.0794 e. The van der Waals surface area contributed by atoms with Crippen LogP contribution in [0.5, 0.6) is 0 Å². The van der Waals surface area contributed by atoms with Gasteiger partial charge in [-0.3, -0.25) is 4.98 Å². The van der Waals surface area contributed by atoms with Gasteiger partial charge in [-0.05, 0) is 31.4 Å². The molecular formula is C18H26N2S. The van der Waals surface area contributed by atoms with E-state index >= 15 is 0 Å². The van der Waals surface area contributed by atoms with Crippen molar-refractivity contribution in [2.24, 2.45) is 0 Å². The number of aromatic nitrogens is 1. The third-order valence-electron chi connectivity index (χ3n) is 4.62. The lowest BCUT2D eigenvalue weighted by Crippen LogP contribution is -2.49. The summed E-state index contributed by atoms with van der Waals surface area (Å²) in [5.41, 5.74) is 3.56. The van der Waals surface area contributed by atoms with Gasteiger partial charge in [0, 0.05) is 22.5 Å². The molecule has 0 amide bonds. The summed E-state index contributed by atoms with van der Waals surface area (Å²) in [6.45, 7) is 7.82. The molecule has 0 aliphatic heterocycles. The number of nitrogens with one attached hydrogen (secondary N) is 1. The molecule has 1 heterocycles. The highest BCUT2D eigenvalue weighted by molar-refractivity contribution is 7.09. The fourth-order valence-corrected chi connectivity index (χ4v) is 4.02. The van der Waals surface area contributed by atoms with E-state index < -0.39 is 0 Å². The number of likely N-dealkylation sites (N-methyl/N-ethyl adjacent to an activating group) is 1. The normalized spacial score (nSPS) is 13.3. The third-order valence-corrected chi connectivity index (χ3v) is 5.42. The number of hydrogen-bond donors (Lipinski definition) is 1. The molecule has 1 atom stereocenters. The van der Waals surface area contributed by atoms with Crippen LogP contribution in [-0.4, -0.2) is 17.6 Å². The molecule has 1 unspecified atom stereocenters. The minimum Gasteiger partial charge on any atom is -0.313 e. The molecule has 0 aliphatic carbocycles. The van der Waals surface area contributed by atoms with Gasteiger partial charge in [0.1, 0.15) is 0 Å². The van der Waals surface area contributed by atoms with Crippen LogP contribution in [0.4, 0.5) is 0 Å². The Morgan fingerprint density at radius 1 is 1.14 bits per heavy atom. The maximum absolute atomic E-state index is 4.23. The van der Waals surface area contributed by atoms with E-state index in [0.717, 1.165) is 25.8 Å². The highest BCUT2D eigenvalue weighted by Crippen LogP contribution is 2.37. The van der Waals surface area contributed by atoms with Crippen LogP contribution in [0.3, 0.4) is 0 Å². The van der Waals surface area contributed by atoms with Gasteiger partial charge in [0.15, 0.2) is 0 Å². The standard InChI is InChI=1S/C18H26N2S/c1-4-18(5-2,15-10-8-7-9-11-15)17(20-6-3)12-16-13-19-14-21-16/h7-11,13-14,17,20H,4-6,12H2,1-3H3. The molecular weight excluding hydrogens is 276 g/mol. The first kappa shape index (κ1) is 16.2. The maximum atomic E-state index is 4.23. The molecule has 1 N–H and O–H groups in total. The number of nitrogens with zero attached hydrogens (tertiary/aromatic N) is 1. The molecule has 0 aliphatic rings. The second-order valence-electron chi connectivity index (χ2n) is 5.51. The van der Waals surface area contributed by atoms with Gasteiger partial charge in [-0.15, -0.1) is 11.3 Å². The van der Waals surface area contributed by atoms with E-state index in [2.05, 4.69) is 61.4 Å². The Morgan fingerprint density at radius 3 is 2.38 bits per heavy atom. The summed E-state index contributed by atoms with van der Waals surface area (Å²) in [5, 5.41) is 3.74. The minimum atomic E-state index is 0.182. The molecule has 2 aromatic rings. The van der Waals surface area contributed by atoms with E-state index in [1.165, 1.54) is 10.4 Å². The van der Waals surface area contributed by atoms with Crippen LogP contribution in [0.1, 0.15) is 44.1 Å². The van der Waals surface area contributed by atoms with Crippen LogP contribution in [0.15, 0.2) is 42.0 Å². The van der Waals surface area contributed by atoms with Crippen LogP contribution < -0.4 is 5.32 Å². The first-order valence-corrected chi connectivity index (χ1v) is 8.81. The fourth-order valence-electron chi connectivity index (χ4n) is 3.38. The highest BCUT2D eigenvalue weighted by Gasteiger charge is 2.37. The lowest BCUT2D eigenvalue weighted by molar-refractivity contribution is 0.272.